The molecule has 0 spiro atoms. The van der Waals surface area contributed by atoms with Crippen LogP contribution in [0.2, 0.25) is 0 Å². The molecular weight excluding hydrogens is 316 g/mol. The summed E-state index contributed by atoms with van der Waals surface area (Å²) in [5.41, 5.74) is 13.7. The van der Waals surface area contributed by atoms with Crippen molar-refractivity contribution in [1.82, 2.24) is 15.4 Å². The van der Waals surface area contributed by atoms with Gasteiger partial charge in [0, 0.05) is 18.7 Å². The molecule has 1 aromatic carbocycles. The predicted molar refractivity (Wildman–Crippen MR) is 99.4 cm³/mol. The van der Waals surface area contributed by atoms with Crippen LogP contribution in [0.15, 0.2) is 30.6 Å². The maximum Gasteiger partial charge on any atom is 0.269 e. The SMILES string of the molecule is Cc1ccccc1C(=O)NNc1ncnc(N2CCCCCC2)c1N. The number of hydrazine groups is 1. The Morgan fingerprint density at radius 3 is 2.56 bits per heavy atom. The Balaban J connectivity index is 1.71. The van der Waals surface area contributed by atoms with E-state index in [-0.39, 0.29) is 5.91 Å². The number of hydrogen-bond acceptors (Lipinski definition) is 6. The third kappa shape index (κ3) is 3.99. The largest absolute Gasteiger partial charge is 0.393 e. The first-order valence-corrected chi connectivity index (χ1v) is 8.64. The molecule has 0 aliphatic carbocycles. The molecule has 7 nitrogen and oxygen atoms in total. The molecule has 1 aliphatic heterocycles. The second-order valence-electron chi connectivity index (χ2n) is 6.25. The van der Waals surface area contributed by atoms with Gasteiger partial charge < -0.3 is 10.6 Å². The third-order valence-electron chi connectivity index (χ3n) is 4.45. The zero-order valence-electron chi connectivity index (χ0n) is 14.5. The van der Waals surface area contributed by atoms with Gasteiger partial charge in [-0.25, -0.2) is 9.97 Å². The van der Waals surface area contributed by atoms with Crippen LogP contribution >= 0.6 is 0 Å². The maximum atomic E-state index is 12.3. The number of nitrogens with zero attached hydrogens (tertiary/aromatic N) is 3. The lowest BCUT2D eigenvalue weighted by Gasteiger charge is -2.23. The Morgan fingerprint density at radius 2 is 1.84 bits per heavy atom. The molecule has 7 heteroatoms. The number of benzene rings is 1. The van der Waals surface area contributed by atoms with Crippen LogP contribution < -0.4 is 21.5 Å². The fourth-order valence-corrected chi connectivity index (χ4v) is 3.03. The first-order chi connectivity index (χ1) is 12.2. The summed E-state index contributed by atoms with van der Waals surface area (Å²) in [6.45, 7) is 3.78. The normalized spacial score (nSPS) is 14.7. The lowest BCUT2D eigenvalue weighted by Crippen LogP contribution is -2.32. The molecular formula is C18H24N6O. The predicted octanol–water partition coefficient (Wildman–Crippen LogP) is 2.50. The molecule has 3 rings (SSSR count). The molecule has 0 saturated carbocycles. The highest BCUT2D eigenvalue weighted by Crippen LogP contribution is 2.27. The molecule has 1 fully saturated rings. The Hall–Kier alpha value is -2.83. The zero-order chi connectivity index (χ0) is 17.6. The fourth-order valence-electron chi connectivity index (χ4n) is 3.03. The Bertz CT molecular complexity index is 740. The van der Waals surface area contributed by atoms with Crippen molar-refractivity contribution in [3.63, 3.8) is 0 Å². The Kier molecular flexibility index (Phi) is 5.33. The fraction of sp³-hybridized carbons (Fsp3) is 0.389. The molecule has 132 valence electrons. The van der Waals surface area contributed by atoms with E-state index < -0.39 is 0 Å². The van der Waals surface area contributed by atoms with E-state index in [2.05, 4.69) is 25.7 Å². The van der Waals surface area contributed by atoms with Gasteiger partial charge in [0.25, 0.3) is 5.91 Å². The van der Waals surface area contributed by atoms with E-state index in [9.17, 15) is 4.79 Å². The standard InChI is InChI=1S/C18H24N6O/c1-13-8-4-5-9-14(13)18(25)23-22-16-15(19)17(21-12-20-16)24-10-6-2-3-7-11-24/h4-5,8-9,12H,2-3,6-7,10-11,19H2,1H3,(H,23,25)(H,20,21,22). The van der Waals surface area contributed by atoms with Gasteiger partial charge in [-0.3, -0.25) is 15.6 Å². The van der Waals surface area contributed by atoms with Crippen molar-refractivity contribution in [2.75, 3.05) is 29.1 Å². The zero-order valence-corrected chi connectivity index (χ0v) is 14.5. The van der Waals surface area contributed by atoms with Crippen molar-refractivity contribution < 1.29 is 4.79 Å². The average Bonchev–Trinajstić information content (AvgIpc) is 2.90. The minimum Gasteiger partial charge on any atom is -0.393 e. The number of nitrogens with two attached hydrogens (primary N) is 1. The number of anilines is 3. The topological polar surface area (TPSA) is 96.2 Å². The lowest BCUT2D eigenvalue weighted by atomic mass is 10.1. The van der Waals surface area contributed by atoms with Gasteiger partial charge in [0.15, 0.2) is 11.6 Å². The van der Waals surface area contributed by atoms with Crippen LogP contribution in [0, 0.1) is 6.92 Å². The number of carbonyl (C=O) groups excluding carboxylic acids is 1. The van der Waals surface area contributed by atoms with Gasteiger partial charge >= 0.3 is 0 Å². The van der Waals surface area contributed by atoms with E-state index in [0.717, 1.165) is 37.3 Å². The summed E-state index contributed by atoms with van der Waals surface area (Å²) in [7, 11) is 0. The van der Waals surface area contributed by atoms with Gasteiger partial charge in [0.2, 0.25) is 0 Å². The second kappa shape index (κ2) is 7.83. The van der Waals surface area contributed by atoms with Crippen molar-refractivity contribution in [2.24, 2.45) is 0 Å². The van der Waals surface area contributed by atoms with Crippen molar-refractivity contribution in [2.45, 2.75) is 32.6 Å². The number of rotatable bonds is 4. The smallest absolute Gasteiger partial charge is 0.269 e. The van der Waals surface area contributed by atoms with Crippen LogP contribution in [0.3, 0.4) is 0 Å². The van der Waals surface area contributed by atoms with Crippen LogP contribution in [0.4, 0.5) is 17.3 Å². The van der Waals surface area contributed by atoms with Gasteiger partial charge in [-0.2, -0.15) is 0 Å². The van der Waals surface area contributed by atoms with Crippen molar-refractivity contribution in [3.05, 3.63) is 41.7 Å². The minimum absolute atomic E-state index is 0.229. The summed E-state index contributed by atoms with van der Waals surface area (Å²) < 4.78 is 0. The minimum atomic E-state index is -0.229. The quantitative estimate of drug-likeness (QED) is 0.740. The van der Waals surface area contributed by atoms with Gasteiger partial charge in [0.05, 0.1) is 0 Å². The number of nitrogens with one attached hydrogen (secondary N) is 2. The van der Waals surface area contributed by atoms with Gasteiger partial charge in [0.1, 0.15) is 12.0 Å². The summed E-state index contributed by atoms with van der Waals surface area (Å²) in [5, 5.41) is 0. The van der Waals surface area contributed by atoms with E-state index in [1.54, 1.807) is 6.07 Å². The van der Waals surface area contributed by atoms with E-state index in [4.69, 9.17) is 5.73 Å². The highest BCUT2D eigenvalue weighted by molar-refractivity contribution is 5.96. The summed E-state index contributed by atoms with van der Waals surface area (Å²) in [4.78, 5) is 23.0. The van der Waals surface area contributed by atoms with Crippen molar-refractivity contribution in [1.29, 1.82) is 0 Å². The monoisotopic (exact) mass is 340 g/mol. The number of nitrogen functional groups attached to an aromatic ring is 1. The van der Waals surface area contributed by atoms with Crippen LogP contribution in [0.1, 0.15) is 41.6 Å². The number of hydrogen-bond donors (Lipinski definition) is 3. The Labute approximate surface area is 147 Å². The van der Waals surface area contributed by atoms with Crippen molar-refractivity contribution >= 4 is 23.2 Å². The summed E-state index contributed by atoms with van der Waals surface area (Å²) in [6.07, 6.45) is 6.21. The molecule has 2 aromatic rings. The number of aromatic nitrogens is 2. The van der Waals surface area contributed by atoms with Crippen LogP contribution in [0.25, 0.3) is 0 Å². The highest BCUT2D eigenvalue weighted by Gasteiger charge is 2.17. The third-order valence-corrected chi connectivity index (χ3v) is 4.45. The molecule has 0 atom stereocenters. The summed E-state index contributed by atoms with van der Waals surface area (Å²) >= 11 is 0. The van der Waals surface area contributed by atoms with Gasteiger partial charge in [-0.1, -0.05) is 31.0 Å². The van der Waals surface area contributed by atoms with Gasteiger partial charge in [-0.05, 0) is 31.4 Å². The number of carbonyl (C=O) groups is 1. The second-order valence-corrected chi connectivity index (χ2v) is 6.25. The average molecular weight is 340 g/mol. The van der Waals surface area contributed by atoms with Gasteiger partial charge in [-0.15, -0.1) is 0 Å². The molecule has 1 aliphatic rings. The molecule has 0 bridgehead atoms. The van der Waals surface area contributed by atoms with Crippen molar-refractivity contribution in [3.8, 4) is 0 Å². The summed E-state index contributed by atoms with van der Waals surface area (Å²) in [6, 6.07) is 7.40. The molecule has 1 amide bonds. The van der Waals surface area contributed by atoms with E-state index in [1.807, 2.05) is 25.1 Å². The van der Waals surface area contributed by atoms with Crippen LogP contribution in [0.5, 0.6) is 0 Å². The van der Waals surface area contributed by atoms with E-state index >= 15 is 0 Å². The molecule has 0 radical (unpaired) electrons. The lowest BCUT2D eigenvalue weighted by molar-refractivity contribution is 0.0962. The number of aryl methyl sites for hydroxylation is 1. The first kappa shape index (κ1) is 17.0. The number of amides is 1. The van der Waals surface area contributed by atoms with Crippen LogP contribution in [-0.2, 0) is 0 Å². The molecule has 0 unspecified atom stereocenters. The molecule has 2 heterocycles. The first-order valence-electron chi connectivity index (χ1n) is 8.64. The van der Waals surface area contributed by atoms with E-state index in [1.165, 1.54) is 19.2 Å². The van der Waals surface area contributed by atoms with Crippen LogP contribution in [-0.4, -0.2) is 29.0 Å². The maximum absolute atomic E-state index is 12.3. The Morgan fingerprint density at radius 1 is 1.12 bits per heavy atom. The summed E-state index contributed by atoms with van der Waals surface area (Å²) in [5.74, 6) is 0.910. The molecule has 25 heavy (non-hydrogen) atoms. The highest BCUT2D eigenvalue weighted by atomic mass is 16.2. The van der Waals surface area contributed by atoms with E-state index in [0.29, 0.717) is 17.1 Å². The molecule has 1 aromatic heterocycles. The molecule has 1 saturated heterocycles. The molecule has 4 N–H and O–H groups in total.